The highest BCUT2D eigenvalue weighted by Gasteiger charge is 2.44. The zero-order valence-electron chi connectivity index (χ0n) is 21.7. The third-order valence-corrected chi connectivity index (χ3v) is 8.67. The van der Waals surface area contributed by atoms with Gasteiger partial charge in [0.15, 0.2) is 6.29 Å². The lowest BCUT2D eigenvalue weighted by molar-refractivity contribution is -0.0907. The topological polar surface area (TPSA) is 140 Å². The van der Waals surface area contributed by atoms with E-state index in [2.05, 4.69) is 5.32 Å². The molecular formula is C27H37N3O7S. The van der Waals surface area contributed by atoms with E-state index < -0.39 is 34.3 Å². The van der Waals surface area contributed by atoms with Crippen LogP contribution in [0.3, 0.4) is 0 Å². The van der Waals surface area contributed by atoms with Gasteiger partial charge in [-0.1, -0.05) is 44.2 Å². The third-order valence-electron chi connectivity index (χ3n) is 6.82. The van der Waals surface area contributed by atoms with E-state index in [1.807, 2.05) is 44.2 Å². The van der Waals surface area contributed by atoms with Crippen LogP contribution in [0.5, 0.6) is 5.75 Å². The van der Waals surface area contributed by atoms with Crippen molar-refractivity contribution in [2.24, 2.45) is 17.6 Å². The number of ether oxygens (including phenoxy) is 3. The molecule has 2 fully saturated rings. The van der Waals surface area contributed by atoms with Gasteiger partial charge in [0, 0.05) is 19.1 Å². The van der Waals surface area contributed by atoms with Crippen LogP contribution in [0.25, 0.3) is 0 Å². The Morgan fingerprint density at radius 3 is 2.53 bits per heavy atom. The number of benzene rings is 2. The molecule has 2 saturated heterocycles. The Labute approximate surface area is 224 Å². The fourth-order valence-electron chi connectivity index (χ4n) is 4.86. The van der Waals surface area contributed by atoms with Crippen molar-refractivity contribution >= 4 is 16.1 Å². The quantitative estimate of drug-likeness (QED) is 0.390. The fourth-order valence-corrected chi connectivity index (χ4v) is 6.50. The van der Waals surface area contributed by atoms with Crippen LogP contribution in [0.4, 0.5) is 4.79 Å². The van der Waals surface area contributed by atoms with Gasteiger partial charge < -0.3 is 30.4 Å². The van der Waals surface area contributed by atoms with E-state index in [-0.39, 0.29) is 48.5 Å². The Bertz CT molecular complexity index is 1160. The summed E-state index contributed by atoms with van der Waals surface area (Å²) in [5.74, 6) is 0.00682. The first kappa shape index (κ1) is 28.3. The van der Waals surface area contributed by atoms with Gasteiger partial charge in [0.25, 0.3) is 0 Å². The molecule has 2 aromatic carbocycles. The van der Waals surface area contributed by atoms with Gasteiger partial charge in [0.05, 0.1) is 30.1 Å². The van der Waals surface area contributed by atoms with Gasteiger partial charge in [-0.2, -0.15) is 4.31 Å². The summed E-state index contributed by atoms with van der Waals surface area (Å²) in [4.78, 5) is 13.0. The van der Waals surface area contributed by atoms with Crippen molar-refractivity contribution in [3.05, 3.63) is 60.2 Å². The number of carbonyl (C=O) groups is 1. The van der Waals surface area contributed by atoms with Crippen LogP contribution in [-0.4, -0.2) is 74.7 Å². The zero-order valence-corrected chi connectivity index (χ0v) is 22.5. The maximum atomic E-state index is 13.5. The molecule has 38 heavy (non-hydrogen) atoms. The van der Waals surface area contributed by atoms with Crippen LogP contribution >= 0.6 is 0 Å². The van der Waals surface area contributed by atoms with E-state index in [9.17, 15) is 18.3 Å². The minimum Gasteiger partial charge on any atom is -0.508 e. The van der Waals surface area contributed by atoms with Gasteiger partial charge >= 0.3 is 6.09 Å². The van der Waals surface area contributed by atoms with E-state index in [1.54, 1.807) is 0 Å². The molecule has 0 spiro atoms. The lowest BCUT2D eigenvalue weighted by Gasteiger charge is -2.31. The lowest BCUT2D eigenvalue weighted by Crippen LogP contribution is -2.55. The maximum absolute atomic E-state index is 13.5. The summed E-state index contributed by atoms with van der Waals surface area (Å²) in [5.41, 5.74) is 7.57. The zero-order chi connectivity index (χ0) is 27.3. The molecule has 4 N–H and O–H groups in total. The summed E-state index contributed by atoms with van der Waals surface area (Å²) < 4.78 is 45.1. The number of rotatable bonds is 11. The molecule has 2 aliphatic heterocycles. The number of carbonyl (C=O) groups excluding carboxylic acids is 1. The molecule has 2 heterocycles. The molecule has 0 saturated carbocycles. The molecule has 1 amide bonds. The van der Waals surface area contributed by atoms with E-state index >= 15 is 0 Å². The average Bonchev–Trinajstić information content (AvgIpc) is 3.49. The molecule has 0 radical (unpaired) electrons. The molecule has 2 aromatic rings. The normalized spacial score (nSPS) is 22.8. The van der Waals surface area contributed by atoms with Gasteiger partial charge in [-0.15, -0.1) is 0 Å². The van der Waals surface area contributed by atoms with Gasteiger partial charge in [0.1, 0.15) is 11.9 Å². The fraction of sp³-hybridized carbons (Fsp3) is 0.519. The minimum absolute atomic E-state index is 0.000942. The summed E-state index contributed by atoms with van der Waals surface area (Å²) in [6, 6.07) is 13.6. The summed E-state index contributed by atoms with van der Waals surface area (Å²) in [5, 5.41) is 12.5. The Morgan fingerprint density at radius 2 is 1.84 bits per heavy atom. The standard InChI is InChI=1S/C27H37N3O7S/c1-18(2)15-30(38(33,34)21-10-8-20(31)9-11-21)16-23(28)24(14-19-6-4-3-5-7-19)29-27(32)37-25-17-36-26-22(25)12-13-35-26/h3-11,18,22-26,31H,12-17,28H2,1-2H3,(H,29,32)/t22-,23+,24-,25-,26+/m0/s1. The number of nitrogens with zero attached hydrogens (tertiary/aromatic N) is 1. The molecule has 5 atom stereocenters. The number of aromatic hydroxyl groups is 1. The number of phenols is 1. The Morgan fingerprint density at radius 1 is 1.13 bits per heavy atom. The number of alkyl carbamates (subject to hydrolysis) is 1. The molecule has 0 unspecified atom stereocenters. The largest absolute Gasteiger partial charge is 0.508 e. The molecule has 0 bridgehead atoms. The monoisotopic (exact) mass is 547 g/mol. The van der Waals surface area contributed by atoms with Crippen molar-refractivity contribution in [3.8, 4) is 5.75 Å². The van der Waals surface area contributed by atoms with Crippen molar-refractivity contribution in [2.45, 2.75) is 56.1 Å². The number of hydrogen-bond donors (Lipinski definition) is 3. The number of amides is 1. The van der Waals surface area contributed by atoms with E-state index in [0.717, 1.165) is 12.0 Å². The van der Waals surface area contributed by atoms with Crippen LogP contribution in [0, 0.1) is 11.8 Å². The van der Waals surface area contributed by atoms with Crippen LogP contribution in [-0.2, 0) is 30.7 Å². The van der Waals surface area contributed by atoms with Gasteiger partial charge in [-0.25, -0.2) is 13.2 Å². The lowest BCUT2D eigenvalue weighted by atomic mass is 9.99. The molecule has 10 nitrogen and oxygen atoms in total. The van der Waals surface area contributed by atoms with Crippen LogP contribution in [0.1, 0.15) is 25.8 Å². The number of nitrogens with one attached hydrogen (secondary N) is 1. The highest BCUT2D eigenvalue weighted by atomic mass is 32.2. The number of hydrogen-bond acceptors (Lipinski definition) is 8. The van der Waals surface area contributed by atoms with Crippen molar-refractivity contribution in [1.29, 1.82) is 0 Å². The second-order valence-corrected chi connectivity index (χ2v) is 12.2. The minimum atomic E-state index is -3.90. The number of phenolic OH excluding ortho intramolecular Hbond substituents is 1. The van der Waals surface area contributed by atoms with Crippen LogP contribution in [0.2, 0.25) is 0 Å². The van der Waals surface area contributed by atoms with Crippen molar-refractivity contribution in [3.63, 3.8) is 0 Å². The van der Waals surface area contributed by atoms with Crippen LogP contribution < -0.4 is 11.1 Å². The Balaban J connectivity index is 1.51. The third kappa shape index (κ3) is 7.03. The van der Waals surface area contributed by atoms with E-state index in [4.69, 9.17) is 19.9 Å². The van der Waals surface area contributed by atoms with E-state index in [0.29, 0.717) is 13.0 Å². The number of fused-ring (bicyclic) bond motifs is 1. The summed E-state index contributed by atoms with van der Waals surface area (Å²) in [6.07, 6.45) is -0.232. The molecule has 208 valence electrons. The van der Waals surface area contributed by atoms with Crippen LogP contribution in [0.15, 0.2) is 59.5 Å². The molecule has 0 aromatic heterocycles. The van der Waals surface area contributed by atoms with Gasteiger partial charge in [-0.3, -0.25) is 0 Å². The number of nitrogens with two attached hydrogens (primary N) is 1. The molecule has 4 rings (SSSR count). The number of sulfonamides is 1. The molecule has 2 aliphatic rings. The maximum Gasteiger partial charge on any atom is 0.407 e. The first-order valence-corrected chi connectivity index (χ1v) is 14.4. The van der Waals surface area contributed by atoms with Crippen molar-refractivity contribution < 1.29 is 32.5 Å². The van der Waals surface area contributed by atoms with E-state index in [1.165, 1.54) is 28.6 Å². The highest BCUT2D eigenvalue weighted by molar-refractivity contribution is 7.89. The molecule has 0 aliphatic carbocycles. The second-order valence-electron chi connectivity index (χ2n) is 10.3. The summed E-state index contributed by atoms with van der Waals surface area (Å²) in [6.45, 7) is 4.90. The van der Waals surface area contributed by atoms with Crippen molar-refractivity contribution in [2.75, 3.05) is 26.3 Å². The summed E-state index contributed by atoms with van der Waals surface area (Å²) in [7, 11) is -3.90. The first-order chi connectivity index (χ1) is 18.1. The van der Waals surface area contributed by atoms with Gasteiger partial charge in [-0.05, 0) is 48.6 Å². The SMILES string of the molecule is CC(C)CN(C[C@@H](N)[C@H](Cc1ccccc1)NC(=O)O[C@H]1CO[C@H]2OCC[C@H]21)S(=O)(=O)c1ccc(O)cc1. The average molecular weight is 548 g/mol. The predicted molar refractivity (Wildman–Crippen MR) is 141 cm³/mol. The first-order valence-electron chi connectivity index (χ1n) is 12.9. The predicted octanol–water partition coefficient (Wildman–Crippen LogP) is 2.47. The molecular weight excluding hydrogens is 510 g/mol. The smallest absolute Gasteiger partial charge is 0.407 e. The van der Waals surface area contributed by atoms with Gasteiger partial charge in [0.2, 0.25) is 10.0 Å². The Hall–Kier alpha value is -2.70. The van der Waals surface area contributed by atoms with Crippen molar-refractivity contribution in [1.82, 2.24) is 9.62 Å². The summed E-state index contributed by atoms with van der Waals surface area (Å²) >= 11 is 0. The highest BCUT2D eigenvalue weighted by Crippen LogP contribution is 2.33. The Kier molecular flexibility index (Phi) is 9.27. The molecule has 11 heteroatoms. The second kappa shape index (κ2) is 12.4.